The van der Waals surface area contributed by atoms with Crippen LogP contribution in [0.25, 0.3) is 0 Å². The Bertz CT molecular complexity index is 776. The van der Waals surface area contributed by atoms with Crippen molar-refractivity contribution in [3.63, 3.8) is 0 Å². The van der Waals surface area contributed by atoms with Gasteiger partial charge in [0.1, 0.15) is 17.3 Å². The molecule has 0 bridgehead atoms. The summed E-state index contributed by atoms with van der Waals surface area (Å²) in [4.78, 5) is 6.80. The predicted octanol–water partition coefficient (Wildman–Crippen LogP) is 3.42. The van der Waals surface area contributed by atoms with Crippen LogP contribution in [0.5, 0.6) is 11.5 Å². The standard InChI is InChI=1S/C21H25FN2O3/c1-2-27-19-6-7-21(25)17(13-19)14-23-15-20(24-8-10-26-11-9-24)16-4-3-5-18(22)12-16/h3-7,12-14,20,25H,2,8-11,15H2,1H3. The SMILES string of the molecule is CCOc1ccc(O)c(C=NCC(c2cccc(F)c2)N2CCOCC2)c1. The zero-order chi connectivity index (χ0) is 19.1. The lowest BCUT2D eigenvalue weighted by Crippen LogP contribution is -2.40. The van der Waals surface area contributed by atoms with Crippen LogP contribution in [0.4, 0.5) is 4.39 Å². The number of phenolic OH excluding ortho intramolecular Hbond substituents is 1. The lowest BCUT2D eigenvalue weighted by molar-refractivity contribution is 0.0179. The van der Waals surface area contributed by atoms with Crippen LogP contribution >= 0.6 is 0 Å². The summed E-state index contributed by atoms with van der Waals surface area (Å²) in [6.07, 6.45) is 1.64. The summed E-state index contributed by atoms with van der Waals surface area (Å²) < 4.78 is 24.6. The molecule has 0 amide bonds. The van der Waals surface area contributed by atoms with E-state index < -0.39 is 0 Å². The molecule has 2 aromatic carbocycles. The van der Waals surface area contributed by atoms with Gasteiger partial charge in [-0.2, -0.15) is 0 Å². The molecule has 1 aliphatic heterocycles. The van der Waals surface area contributed by atoms with Crippen molar-refractivity contribution in [2.75, 3.05) is 39.5 Å². The van der Waals surface area contributed by atoms with Gasteiger partial charge in [-0.3, -0.25) is 9.89 Å². The van der Waals surface area contributed by atoms with Crippen molar-refractivity contribution in [3.8, 4) is 11.5 Å². The molecule has 1 heterocycles. The zero-order valence-corrected chi connectivity index (χ0v) is 15.5. The first kappa shape index (κ1) is 19.3. The van der Waals surface area contributed by atoms with Crippen molar-refractivity contribution in [3.05, 3.63) is 59.4 Å². The summed E-state index contributed by atoms with van der Waals surface area (Å²) >= 11 is 0. The molecular weight excluding hydrogens is 347 g/mol. The Morgan fingerprint density at radius 2 is 2.07 bits per heavy atom. The van der Waals surface area contributed by atoms with Crippen LogP contribution in [0.15, 0.2) is 47.5 Å². The van der Waals surface area contributed by atoms with Crippen LogP contribution in [0, 0.1) is 5.82 Å². The molecule has 6 heteroatoms. The summed E-state index contributed by atoms with van der Waals surface area (Å²) in [5, 5.41) is 10.0. The Labute approximate surface area is 159 Å². The topological polar surface area (TPSA) is 54.3 Å². The largest absolute Gasteiger partial charge is 0.507 e. The highest BCUT2D eigenvalue weighted by atomic mass is 19.1. The van der Waals surface area contributed by atoms with E-state index in [-0.39, 0.29) is 17.6 Å². The first-order chi connectivity index (χ1) is 13.2. The van der Waals surface area contributed by atoms with Gasteiger partial charge in [-0.25, -0.2) is 4.39 Å². The van der Waals surface area contributed by atoms with Gasteiger partial charge in [0.2, 0.25) is 0 Å². The predicted molar refractivity (Wildman–Crippen MR) is 103 cm³/mol. The molecule has 0 radical (unpaired) electrons. The van der Waals surface area contributed by atoms with Crippen LogP contribution in [-0.4, -0.2) is 55.7 Å². The average molecular weight is 372 g/mol. The molecule has 1 aliphatic rings. The average Bonchev–Trinajstić information content (AvgIpc) is 2.68. The maximum atomic E-state index is 13.7. The summed E-state index contributed by atoms with van der Waals surface area (Å²) in [5.74, 6) is 0.583. The Morgan fingerprint density at radius 1 is 1.26 bits per heavy atom. The summed E-state index contributed by atoms with van der Waals surface area (Å²) in [6.45, 7) is 5.80. The molecule has 144 valence electrons. The molecule has 1 saturated heterocycles. The van der Waals surface area contributed by atoms with Crippen molar-refractivity contribution >= 4 is 6.21 Å². The van der Waals surface area contributed by atoms with Crippen LogP contribution in [0.2, 0.25) is 0 Å². The van der Waals surface area contributed by atoms with Gasteiger partial charge in [-0.1, -0.05) is 12.1 Å². The minimum absolute atomic E-state index is 0.0435. The third kappa shape index (κ3) is 5.28. The normalized spacial score (nSPS) is 16.5. The molecule has 0 aromatic heterocycles. The fraction of sp³-hybridized carbons (Fsp3) is 0.381. The summed E-state index contributed by atoms with van der Waals surface area (Å²) in [5.41, 5.74) is 1.49. The van der Waals surface area contributed by atoms with E-state index in [2.05, 4.69) is 9.89 Å². The number of morpholine rings is 1. The van der Waals surface area contributed by atoms with Gasteiger partial charge < -0.3 is 14.6 Å². The molecule has 1 fully saturated rings. The first-order valence-corrected chi connectivity index (χ1v) is 9.20. The van der Waals surface area contributed by atoms with Gasteiger partial charge in [-0.05, 0) is 42.8 Å². The number of aliphatic imine (C=N–C) groups is 1. The van der Waals surface area contributed by atoms with Crippen molar-refractivity contribution < 1.29 is 19.0 Å². The molecule has 3 rings (SSSR count). The molecule has 5 nitrogen and oxygen atoms in total. The number of phenols is 1. The Hall–Kier alpha value is -2.44. The first-order valence-electron chi connectivity index (χ1n) is 9.20. The monoisotopic (exact) mass is 372 g/mol. The molecule has 1 atom stereocenters. The van der Waals surface area contributed by atoms with E-state index in [0.29, 0.717) is 37.7 Å². The van der Waals surface area contributed by atoms with Gasteiger partial charge in [0, 0.05) is 24.9 Å². The maximum Gasteiger partial charge on any atom is 0.124 e. The highest BCUT2D eigenvalue weighted by Crippen LogP contribution is 2.24. The van der Waals surface area contributed by atoms with E-state index in [4.69, 9.17) is 9.47 Å². The van der Waals surface area contributed by atoms with Gasteiger partial charge in [0.05, 0.1) is 32.4 Å². The number of nitrogens with zero attached hydrogens (tertiary/aromatic N) is 2. The summed E-state index contributed by atoms with van der Waals surface area (Å²) in [6, 6.07) is 11.7. The zero-order valence-electron chi connectivity index (χ0n) is 15.5. The van der Waals surface area contributed by atoms with Crippen LogP contribution in [0.3, 0.4) is 0 Å². The number of aromatic hydroxyl groups is 1. The van der Waals surface area contributed by atoms with E-state index in [1.54, 1.807) is 36.5 Å². The second-order valence-corrected chi connectivity index (χ2v) is 6.37. The fourth-order valence-corrected chi connectivity index (χ4v) is 3.18. The van der Waals surface area contributed by atoms with Gasteiger partial charge in [-0.15, -0.1) is 0 Å². The molecule has 0 spiro atoms. The number of hydrogen-bond acceptors (Lipinski definition) is 5. The Kier molecular flexibility index (Phi) is 6.79. The molecular formula is C21H25FN2O3. The Balaban J connectivity index is 1.78. The van der Waals surface area contributed by atoms with Crippen molar-refractivity contribution in [2.24, 2.45) is 4.99 Å². The maximum absolute atomic E-state index is 13.7. The number of halogens is 1. The highest BCUT2D eigenvalue weighted by molar-refractivity contribution is 5.84. The molecule has 0 aliphatic carbocycles. The molecule has 1 unspecified atom stereocenters. The van der Waals surface area contributed by atoms with E-state index >= 15 is 0 Å². The second kappa shape index (κ2) is 9.48. The van der Waals surface area contributed by atoms with Gasteiger partial charge >= 0.3 is 0 Å². The van der Waals surface area contributed by atoms with E-state index in [1.165, 1.54) is 6.07 Å². The highest BCUT2D eigenvalue weighted by Gasteiger charge is 2.22. The van der Waals surface area contributed by atoms with Crippen LogP contribution in [-0.2, 0) is 4.74 Å². The number of benzene rings is 2. The summed E-state index contributed by atoms with van der Waals surface area (Å²) in [7, 11) is 0. The van der Waals surface area contributed by atoms with Gasteiger partial charge in [0.25, 0.3) is 0 Å². The van der Waals surface area contributed by atoms with E-state index in [0.717, 1.165) is 18.7 Å². The minimum Gasteiger partial charge on any atom is -0.507 e. The lowest BCUT2D eigenvalue weighted by Gasteiger charge is -2.34. The number of ether oxygens (including phenoxy) is 2. The van der Waals surface area contributed by atoms with Crippen LogP contribution < -0.4 is 4.74 Å². The van der Waals surface area contributed by atoms with E-state index in [9.17, 15) is 9.50 Å². The quantitative estimate of drug-likeness (QED) is 0.757. The fourth-order valence-electron chi connectivity index (χ4n) is 3.18. The molecule has 27 heavy (non-hydrogen) atoms. The molecule has 1 N–H and O–H groups in total. The van der Waals surface area contributed by atoms with Crippen molar-refractivity contribution in [1.29, 1.82) is 0 Å². The Morgan fingerprint density at radius 3 is 2.81 bits per heavy atom. The number of rotatable bonds is 7. The number of hydrogen-bond donors (Lipinski definition) is 1. The van der Waals surface area contributed by atoms with E-state index in [1.807, 2.05) is 13.0 Å². The lowest BCUT2D eigenvalue weighted by atomic mass is 10.0. The molecule has 2 aromatic rings. The third-order valence-electron chi connectivity index (χ3n) is 4.54. The minimum atomic E-state index is -0.253. The van der Waals surface area contributed by atoms with Crippen molar-refractivity contribution in [1.82, 2.24) is 4.90 Å². The third-order valence-corrected chi connectivity index (χ3v) is 4.54. The van der Waals surface area contributed by atoms with Gasteiger partial charge in [0.15, 0.2) is 0 Å². The smallest absolute Gasteiger partial charge is 0.124 e. The molecule has 0 saturated carbocycles. The second-order valence-electron chi connectivity index (χ2n) is 6.37. The van der Waals surface area contributed by atoms with Crippen LogP contribution in [0.1, 0.15) is 24.1 Å². The van der Waals surface area contributed by atoms with Crippen molar-refractivity contribution in [2.45, 2.75) is 13.0 Å².